The van der Waals surface area contributed by atoms with Crippen LogP contribution in [0.5, 0.6) is 5.75 Å². The van der Waals surface area contributed by atoms with Crippen LogP contribution in [0.3, 0.4) is 0 Å². The van der Waals surface area contributed by atoms with Crippen molar-refractivity contribution in [3.8, 4) is 5.75 Å². The number of ether oxygens (including phenoxy) is 1. The molecule has 2 fully saturated rings. The molecule has 0 spiro atoms. The summed E-state index contributed by atoms with van der Waals surface area (Å²) in [6.07, 6.45) is 3.35. The number of likely N-dealkylation sites (tertiary alicyclic amines) is 2. The van der Waals surface area contributed by atoms with Crippen molar-refractivity contribution in [2.45, 2.75) is 45.2 Å². The molecule has 2 saturated heterocycles. The monoisotopic (exact) mass is 557 g/mol. The lowest BCUT2D eigenvalue weighted by atomic mass is 9.85. The zero-order valence-corrected chi connectivity index (χ0v) is 22.5. The summed E-state index contributed by atoms with van der Waals surface area (Å²) >= 11 is 0. The van der Waals surface area contributed by atoms with Gasteiger partial charge in [0.15, 0.2) is 5.96 Å². The van der Waals surface area contributed by atoms with Gasteiger partial charge in [0.05, 0.1) is 7.11 Å². The van der Waals surface area contributed by atoms with Gasteiger partial charge in [0, 0.05) is 44.7 Å². The van der Waals surface area contributed by atoms with Crippen LogP contribution >= 0.6 is 24.0 Å². The summed E-state index contributed by atoms with van der Waals surface area (Å²) in [5, 5.41) is 7.08. The molecule has 0 aromatic heterocycles. The van der Waals surface area contributed by atoms with Crippen molar-refractivity contribution in [1.82, 2.24) is 20.4 Å². The average Bonchev–Trinajstić information content (AvgIpc) is 3.24. The molecule has 2 heterocycles. The molecule has 1 aromatic carbocycles. The van der Waals surface area contributed by atoms with Crippen molar-refractivity contribution in [3.05, 3.63) is 29.8 Å². The second-order valence-corrected chi connectivity index (χ2v) is 9.12. The number of hydrogen-bond acceptors (Lipinski definition) is 4. The van der Waals surface area contributed by atoms with Gasteiger partial charge in [-0.05, 0) is 56.5 Å². The van der Waals surface area contributed by atoms with Gasteiger partial charge in [-0.25, -0.2) is 0 Å². The highest BCUT2D eigenvalue weighted by Crippen LogP contribution is 2.35. The summed E-state index contributed by atoms with van der Waals surface area (Å²) in [4.78, 5) is 21.1. The van der Waals surface area contributed by atoms with Gasteiger partial charge in [0.25, 0.3) is 0 Å². The molecule has 2 aliphatic heterocycles. The quantitative estimate of drug-likeness (QED) is 0.320. The van der Waals surface area contributed by atoms with Crippen LogP contribution < -0.4 is 15.4 Å². The van der Waals surface area contributed by atoms with E-state index in [0.29, 0.717) is 12.0 Å². The molecule has 0 aliphatic carbocycles. The van der Waals surface area contributed by atoms with Gasteiger partial charge < -0.3 is 20.3 Å². The maximum atomic E-state index is 12.3. The molecule has 32 heavy (non-hydrogen) atoms. The van der Waals surface area contributed by atoms with Gasteiger partial charge in [0.2, 0.25) is 5.91 Å². The van der Waals surface area contributed by atoms with Crippen molar-refractivity contribution >= 4 is 35.8 Å². The van der Waals surface area contributed by atoms with Gasteiger partial charge >= 0.3 is 0 Å². The third-order valence-electron chi connectivity index (χ3n) is 6.55. The summed E-state index contributed by atoms with van der Waals surface area (Å²) in [6.45, 7) is 7.47. The van der Waals surface area contributed by atoms with Crippen molar-refractivity contribution in [2.24, 2.45) is 16.8 Å². The van der Waals surface area contributed by atoms with Crippen LogP contribution in [0.25, 0.3) is 0 Å². The molecule has 0 bridgehead atoms. The molecule has 0 radical (unpaired) electrons. The standard InChI is InChI=1S/C24H39N5O2.HI/c1-17(2)23(30)29-14-12-20(16-29)27-24(25-3)26-15-19-7-6-13-28(4)22(19)18-8-10-21(31-5)11-9-18;/h8-11,17,19-20,22H,6-7,12-16H2,1-5H3,(H2,25,26,27);1H. The number of piperidine rings is 1. The van der Waals surface area contributed by atoms with E-state index in [2.05, 4.69) is 39.7 Å². The lowest BCUT2D eigenvalue weighted by molar-refractivity contribution is -0.133. The normalized spacial score (nSPS) is 24.2. The van der Waals surface area contributed by atoms with Gasteiger partial charge in [-0.15, -0.1) is 24.0 Å². The number of nitrogens with zero attached hydrogens (tertiary/aromatic N) is 3. The van der Waals surface area contributed by atoms with Gasteiger partial charge in [-0.1, -0.05) is 26.0 Å². The molecule has 0 saturated carbocycles. The van der Waals surface area contributed by atoms with Gasteiger partial charge in [-0.2, -0.15) is 0 Å². The van der Waals surface area contributed by atoms with E-state index in [4.69, 9.17) is 4.74 Å². The Bertz CT molecular complexity index is 755. The van der Waals surface area contributed by atoms with E-state index in [-0.39, 0.29) is 41.8 Å². The summed E-state index contributed by atoms with van der Waals surface area (Å²) in [7, 11) is 5.73. The van der Waals surface area contributed by atoms with Crippen molar-refractivity contribution < 1.29 is 9.53 Å². The Morgan fingerprint density at radius 2 is 1.94 bits per heavy atom. The molecule has 1 amide bonds. The third kappa shape index (κ3) is 6.73. The van der Waals surface area contributed by atoms with Crippen LogP contribution in [0.4, 0.5) is 0 Å². The minimum absolute atomic E-state index is 0. The van der Waals surface area contributed by atoms with Crippen molar-refractivity contribution in [1.29, 1.82) is 0 Å². The number of carbonyl (C=O) groups excluding carboxylic acids is 1. The van der Waals surface area contributed by atoms with E-state index in [0.717, 1.165) is 44.3 Å². The highest BCUT2D eigenvalue weighted by molar-refractivity contribution is 14.0. The predicted molar refractivity (Wildman–Crippen MR) is 141 cm³/mol. The van der Waals surface area contributed by atoms with Crippen LogP contribution in [0.15, 0.2) is 29.3 Å². The first-order valence-corrected chi connectivity index (χ1v) is 11.5. The fourth-order valence-corrected chi connectivity index (χ4v) is 4.86. The smallest absolute Gasteiger partial charge is 0.225 e. The highest BCUT2D eigenvalue weighted by atomic mass is 127. The summed E-state index contributed by atoms with van der Waals surface area (Å²) in [6, 6.07) is 9.09. The van der Waals surface area contributed by atoms with Gasteiger partial charge in [0.1, 0.15) is 5.75 Å². The number of hydrogen-bond donors (Lipinski definition) is 2. The van der Waals surface area contributed by atoms with E-state index >= 15 is 0 Å². The van der Waals surface area contributed by atoms with E-state index in [1.807, 2.05) is 37.9 Å². The zero-order chi connectivity index (χ0) is 22.4. The van der Waals surface area contributed by atoms with Crippen LogP contribution in [0.1, 0.15) is 44.7 Å². The number of methoxy groups -OCH3 is 1. The largest absolute Gasteiger partial charge is 0.497 e. The first kappa shape index (κ1) is 26.7. The van der Waals surface area contributed by atoms with E-state index in [1.54, 1.807) is 7.11 Å². The number of benzene rings is 1. The minimum atomic E-state index is 0. The fraction of sp³-hybridized carbons (Fsp3) is 0.667. The summed E-state index contributed by atoms with van der Waals surface area (Å²) in [5.74, 6) is 2.50. The highest BCUT2D eigenvalue weighted by Gasteiger charge is 2.31. The second-order valence-electron chi connectivity index (χ2n) is 9.12. The third-order valence-corrected chi connectivity index (χ3v) is 6.55. The van der Waals surface area contributed by atoms with Crippen LogP contribution in [-0.2, 0) is 4.79 Å². The average molecular weight is 558 g/mol. The number of nitrogens with one attached hydrogen (secondary N) is 2. The molecule has 3 unspecified atom stereocenters. The Kier molecular flexibility index (Phi) is 10.5. The number of guanidine groups is 1. The maximum Gasteiger partial charge on any atom is 0.225 e. The Morgan fingerprint density at radius 3 is 2.56 bits per heavy atom. The molecule has 180 valence electrons. The number of amides is 1. The molecule has 1 aromatic rings. The minimum Gasteiger partial charge on any atom is -0.497 e. The van der Waals surface area contributed by atoms with Gasteiger partial charge in [-0.3, -0.25) is 14.7 Å². The zero-order valence-electron chi connectivity index (χ0n) is 20.1. The van der Waals surface area contributed by atoms with E-state index in [9.17, 15) is 4.79 Å². The first-order valence-electron chi connectivity index (χ1n) is 11.5. The maximum absolute atomic E-state index is 12.3. The molecule has 2 N–H and O–H groups in total. The van der Waals surface area contributed by atoms with E-state index < -0.39 is 0 Å². The topological polar surface area (TPSA) is 69.2 Å². The Labute approximate surface area is 210 Å². The van der Waals surface area contributed by atoms with Crippen molar-refractivity contribution in [2.75, 3.05) is 47.4 Å². The lowest BCUT2D eigenvalue weighted by Gasteiger charge is -2.40. The van der Waals surface area contributed by atoms with Crippen LogP contribution in [0, 0.1) is 11.8 Å². The summed E-state index contributed by atoms with van der Waals surface area (Å²) < 4.78 is 5.33. The number of halogens is 1. The second kappa shape index (κ2) is 12.6. The molecule has 2 aliphatic rings. The van der Waals surface area contributed by atoms with Crippen molar-refractivity contribution in [3.63, 3.8) is 0 Å². The Hall–Kier alpha value is -1.55. The first-order chi connectivity index (χ1) is 14.9. The number of aliphatic imine (C=N–C) groups is 1. The summed E-state index contributed by atoms with van der Waals surface area (Å²) in [5.41, 5.74) is 1.33. The fourth-order valence-electron chi connectivity index (χ4n) is 4.86. The molecule has 3 atom stereocenters. The predicted octanol–water partition coefficient (Wildman–Crippen LogP) is 3.12. The lowest BCUT2D eigenvalue weighted by Crippen LogP contribution is -2.48. The molecular weight excluding hydrogens is 517 g/mol. The molecule has 8 heteroatoms. The van der Waals surface area contributed by atoms with Crippen LogP contribution in [0.2, 0.25) is 0 Å². The van der Waals surface area contributed by atoms with E-state index in [1.165, 1.54) is 18.4 Å². The Balaban J connectivity index is 0.00000363. The molecule has 7 nitrogen and oxygen atoms in total. The molecular formula is C24H40IN5O2. The van der Waals surface area contributed by atoms with Crippen LogP contribution in [-0.4, -0.2) is 75.1 Å². The SMILES string of the molecule is CN=C(NCC1CCCN(C)C1c1ccc(OC)cc1)NC1CCN(C(=O)C(C)C)C1.I. The molecule has 3 rings (SSSR count). The number of carbonyl (C=O) groups is 1. The Morgan fingerprint density at radius 1 is 1.22 bits per heavy atom. The number of rotatable bonds is 6.